The second-order valence-electron chi connectivity index (χ2n) is 2.37. The van der Waals surface area contributed by atoms with Gasteiger partial charge in [-0.2, -0.15) is 0 Å². The van der Waals surface area contributed by atoms with E-state index in [2.05, 4.69) is 6.08 Å². The molecular formula is C9H14O2. The van der Waals surface area contributed by atoms with Gasteiger partial charge in [-0.25, -0.2) is 0 Å². The lowest BCUT2D eigenvalue weighted by atomic mass is 10.1. The molecule has 0 unspecified atom stereocenters. The molecule has 1 rings (SSSR count). The van der Waals surface area contributed by atoms with Crippen LogP contribution in [0.2, 0.25) is 0 Å². The van der Waals surface area contributed by atoms with Crippen molar-refractivity contribution in [3.8, 4) is 0 Å². The third-order valence-corrected chi connectivity index (χ3v) is 1.63. The van der Waals surface area contributed by atoms with Gasteiger partial charge in [0.1, 0.15) is 5.76 Å². The fourth-order valence-electron chi connectivity index (χ4n) is 1.11. The predicted octanol–water partition coefficient (Wildman–Crippen LogP) is 2.23. The second-order valence-corrected chi connectivity index (χ2v) is 2.37. The Kier molecular flexibility index (Phi) is 3.02. The zero-order valence-electron chi connectivity index (χ0n) is 7.09. The Bertz CT molecular complexity index is 180. The first-order valence-corrected chi connectivity index (χ1v) is 3.95. The van der Waals surface area contributed by atoms with E-state index in [9.17, 15) is 0 Å². The molecule has 0 bridgehead atoms. The first-order chi connectivity index (χ1) is 5.38. The fourth-order valence-corrected chi connectivity index (χ4v) is 1.11. The molecule has 0 fully saturated rings. The van der Waals surface area contributed by atoms with Crippen molar-refractivity contribution >= 4 is 0 Å². The van der Waals surface area contributed by atoms with Crippen LogP contribution in [0.4, 0.5) is 0 Å². The van der Waals surface area contributed by atoms with E-state index in [1.165, 1.54) is 0 Å². The maximum Gasteiger partial charge on any atom is 0.156 e. The van der Waals surface area contributed by atoms with Crippen molar-refractivity contribution in [2.45, 2.75) is 19.8 Å². The van der Waals surface area contributed by atoms with Crippen molar-refractivity contribution in [1.29, 1.82) is 0 Å². The van der Waals surface area contributed by atoms with E-state index >= 15 is 0 Å². The largest absolute Gasteiger partial charge is 0.497 e. The highest BCUT2D eigenvalue weighted by atomic mass is 16.5. The summed E-state index contributed by atoms with van der Waals surface area (Å²) in [6.45, 7) is 2.68. The molecule has 0 saturated carbocycles. The molecule has 0 N–H and O–H groups in total. The van der Waals surface area contributed by atoms with Crippen LogP contribution >= 0.6 is 0 Å². The summed E-state index contributed by atoms with van der Waals surface area (Å²) in [6, 6.07) is 0. The summed E-state index contributed by atoms with van der Waals surface area (Å²) in [5.41, 5.74) is 0. The van der Waals surface area contributed by atoms with Gasteiger partial charge in [-0.1, -0.05) is 6.08 Å². The lowest BCUT2D eigenvalue weighted by Gasteiger charge is -2.14. The average molecular weight is 154 g/mol. The van der Waals surface area contributed by atoms with Gasteiger partial charge in [0.25, 0.3) is 0 Å². The first kappa shape index (κ1) is 8.18. The normalized spacial score (nSPS) is 16.9. The number of hydrogen-bond acceptors (Lipinski definition) is 2. The lowest BCUT2D eigenvalue weighted by Crippen LogP contribution is -2.00. The van der Waals surface area contributed by atoms with Crippen LogP contribution in [0.5, 0.6) is 0 Å². The van der Waals surface area contributed by atoms with Crippen molar-refractivity contribution < 1.29 is 9.47 Å². The van der Waals surface area contributed by atoms with Crippen LogP contribution in [-0.4, -0.2) is 13.7 Å². The molecule has 11 heavy (non-hydrogen) atoms. The van der Waals surface area contributed by atoms with Gasteiger partial charge in [-0.3, -0.25) is 0 Å². The number of hydrogen-bond donors (Lipinski definition) is 0. The minimum absolute atomic E-state index is 0.701. The molecule has 0 saturated heterocycles. The van der Waals surface area contributed by atoms with Gasteiger partial charge in [-0.05, 0) is 19.4 Å². The van der Waals surface area contributed by atoms with E-state index in [0.717, 1.165) is 24.4 Å². The Morgan fingerprint density at radius 2 is 2.36 bits per heavy atom. The predicted molar refractivity (Wildman–Crippen MR) is 44.0 cm³/mol. The van der Waals surface area contributed by atoms with Crippen molar-refractivity contribution in [1.82, 2.24) is 0 Å². The molecule has 0 spiro atoms. The molecule has 0 radical (unpaired) electrons. The standard InChI is InChI=1S/C9H14O2/c1-3-11-9-7-5-4-6-8(9)10-2/h5,7H,3-4,6H2,1-2H3. The number of allylic oxidation sites excluding steroid dienone is 3. The maximum atomic E-state index is 5.35. The van der Waals surface area contributed by atoms with E-state index in [0.29, 0.717) is 6.61 Å². The van der Waals surface area contributed by atoms with Crippen LogP contribution in [0.3, 0.4) is 0 Å². The number of rotatable bonds is 3. The summed E-state index contributed by atoms with van der Waals surface area (Å²) >= 11 is 0. The SMILES string of the molecule is CCOC1=C(OC)CCC=C1. The molecule has 0 amide bonds. The Hall–Kier alpha value is -0.920. The number of methoxy groups -OCH3 is 1. The molecule has 1 aliphatic carbocycles. The zero-order chi connectivity index (χ0) is 8.10. The highest BCUT2D eigenvalue weighted by molar-refractivity contribution is 5.20. The molecule has 1 aliphatic rings. The van der Waals surface area contributed by atoms with Crippen molar-refractivity contribution in [3.05, 3.63) is 23.7 Å². The molecule has 0 atom stereocenters. The molecule has 62 valence electrons. The van der Waals surface area contributed by atoms with Gasteiger partial charge in [-0.15, -0.1) is 0 Å². The van der Waals surface area contributed by atoms with E-state index in [-0.39, 0.29) is 0 Å². The third kappa shape index (κ3) is 2.00. The molecule has 2 heteroatoms. The van der Waals surface area contributed by atoms with E-state index in [4.69, 9.17) is 9.47 Å². The molecule has 0 aromatic heterocycles. The third-order valence-electron chi connectivity index (χ3n) is 1.63. The maximum absolute atomic E-state index is 5.35. The fraction of sp³-hybridized carbons (Fsp3) is 0.556. The molecule has 0 aromatic carbocycles. The van der Waals surface area contributed by atoms with Gasteiger partial charge in [0.2, 0.25) is 0 Å². The topological polar surface area (TPSA) is 18.5 Å². The van der Waals surface area contributed by atoms with Gasteiger partial charge < -0.3 is 9.47 Å². The van der Waals surface area contributed by atoms with Crippen LogP contribution in [0.25, 0.3) is 0 Å². The van der Waals surface area contributed by atoms with Crippen LogP contribution in [0.1, 0.15) is 19.8 Å². The summed E-state index contributed by atoms with van der Waals surface area (Å²) in [5, 5.41) is 0. The summed E-state index contributed by atoms with van der Waals surface area (Å²) in [7, 11) is 1.69. The summed E-state index contributed by atoms with van der Waals surface area (Å²) in [6.07, 6.45) is 6.10. The van der Waals surface area contributed by atoms with Crippen molar-refractivity contribution in [2.75, 3.05) is 13.7 Å². The highest BCUT2D eigenvalue weighted by Gasteiger charge is 2.08. The molecular weight excluding hydrogens is 140 g/mol. The van der Waals surface area contributed by atoms with Gasteiger partial charge >= 0.3 is 0 Å². The van der Waals surface area contributed by atoms with Gasteiger partial charge in [0, 0.05) is 6.42 Å². The summed E-state index contributed by atoms with van der Waals surface area (Å²) in [4.78, 5) is 0. The van der Waals surface area contributed by atoms with Gasteiger partial charge in [0.15, 0.2) is 5.76 Å². The van der Waals surface area contributed by atoms with Gasteiger partial charge in [0.05, 0.1) is 13.7 Å². The van der Waals surface area contributed by atoms with Crippen LogP contribution in [0, 0.1) is 0 Å². The number of ether oxygens (including phenoxy) is 2. The van der Waals surface area contributed by atoms with E-state index in [1.807, 2.05) is 13.0 Å². The first-order valence-electron chi connectivity index (χ1n) is 3.95. The van der Waals surface area contributed by atoms with Crippen molar-refractivity contribution in [3.63, 3.8) is 0 Å². The summed E-state index contributed by atoms with van der Waals surface area (Å²) < 4.78 is 10.5. The quantitative estimate of drug-likeness (QED) is 0.620. The molecule has 0 aliphatic heterocycles. The average Bonchev–Trinajstić information content (AvgIpc) is 2.06. The Morgan fingerprint density at radius 3 is 3.00 bits per heavy atom. The highest BCUT2D eigenvalue weighted by Crippen LogP contribution is 2.19. The smallest absolute Gasteiger partial charge is 0.156 e. The molecule has 0 heterocycles. The minimum Gasteiger partial charge on any atom is -0.497 e. The van der Waals surface area contributed by atoms with E-state index in [1.54, 1.807) is 7.11 Å². The second kappa shape index (κ2) is 4.06. The van der Waals surface area contributed by atoms with Crippen LogP contribution in [-0.2, 0) is 9.47 Å². The minimum atomic E-state index is 0.701. The molecule has 2 nitrogen and oxygen atoms in total. The Morgan fingerprint density at radius 1 is 1.55 bits per heavy atom. The van der Waals surface area contributed by atoms with E-state index < -0.39 is 0 Å². The lowest BCUT2D eigenvalue weighted by molar-refractivity contribution is 0.190. The Balaban J connectivity index is 2.66. The zero-order valence-corrected chi connectivity index (χ0v) is 7.09. The van der Waals surface area contributed by atoms with Crippen LogP contribution < -0.4 is 0 Å². The monoisotopic (exact) mass is 154 g/mol. The summed E-state index contributed by atoms with van der Waals surface area (Å²) in [5.74, 6) is 1.86. The van der Waals surface area contributed by atoms with Crippen LogP contribution in [0.15, 0.2) is 23.7 Å². The molecule has 0 aromatic rings. The Labute approximate surface area is 67.5 Å². The van der Waals surface area contributed by atoms with Crippen molar-refractivity contribution in [2.24, 2.45) is 0 Å².